The lowest BCUT2D eigenvalue weighted by molar-refractivity contribution is 0.214. The zero-order valence-electron chi connectivity index (χ0n) is 12.8. The summed E-state index contributed by atoms with van der Waals surface area (Å²) in [6.07, 6.45) is 0.338. The Kier molecular flexibility index (Phi) is 5.66. The van der Waals surface area contributed by atoms with Gasteiger partial charge in [0.25, 0.3) is 0 Å². The quantitative estimate of drug-likeness (QED) is 0.720. The van der Waals surface area contributed by atoms with Crippen LogP contribution in [0.2, 0.25) is 5.02 Å². The number of sulfonamides is 1. The molecule has 1 aromatic carbocycles. The molecule has 1 unspecified atom stereocenters. The summed E-state index contributed by atoms with van der Waals surface area (Å²) in [7, 11) is -3.73. The Morgan fingerprint density at radius 3 is 2.43 bits per heavy atom. The molecule has 120 valence electrons. The predicted octanol–water partition coefficient (Wildman–Crippen LogP) is 2.31. The number of rotatable bonds is 5. The normalized spacial score (nSPS) is 14.2. The minimum Gasteiger partial charge on any atom is -0.397 e. The van der Waals surface area contributed by atoms with Crippen molar-refractivity contribution in [2.75, 3.05) is 12.3 Å². The van der Waals surface area contributed by atoms with Crippen LogP contribution in [0.15, 0.2) is 17.0 Å². The molecule has 0 aliphatic rings. The number of hydrogen-bond acceptors (Lipinski definition) is 4. The van der Waals surface area contributed by atoms with Gasteiger partial charge in [-0.15, -0.1) is 0 Å². The molecule has 1 atom stereocenters. The third-order valence-electron chi connectivity index (χ3n) is 3.34. The second-order valence-electron chi connectivity index (χ2n) is 6.19. The summed E-state index contributed by atoms with van der Waals surface area (Å²) in [6, 6.07) is 2.51. The molecule has 7 heteroatoms. The smallest absolute Gasteiger partial charge is 0.241 e. The minimum absolute atomic E-state index is 0.0911. The first-order valence-corrected chi connectivity index (χ1v) is 8.54. The Bertz CT molecular complexity index is 609. The number of anilines is 1. The Hall–Kier alpha value is -0.820. The highest BCUT2D eigenvalue weighted by Gasteiger charge is 2.30. The summed E-state index contributed by atoms with van der Waals surface area (Å²) in [6.45, 7) is 7.32. The van der Waals surface area contributed by atoms with Gasteiger partial charge in [-0.1, -0.05) is 32.4 Å². The van der Waals surface area contributed by atoms with Gasteiger partial charge >= 0.3 is 0 Å². The molecule has 0 amide bonds. The molecule has 1 rings (SSSR count). The summed E-state index contributed by atoms with van der Waals surface area (Å²) >= 11 is 5.89. The predicted molar refractivity (Wildman–Crippen MR) is 85.9 cm³/mol. The number of nitrogen functional groups attached to an aromatic ring is 1. The van der Waals surface area contributed by atoms with E-state index in [0.29, 0.717) is 17.0 Å². The highest BCUT2D eigenvalue weighted by Crippen LogP contribution is 2.28. The number of aliphatic hydroxyl groups excluding tert-OH is 1. The molecule has 0 aliphatic carbocycles. The van der Waals surface area contributed by atoms with Gasteiger partial charge in [-0.05, 0) is 36.5 Å². The van der Waals surface area contributed by atoms with Gasteiger partial charge in [0.05, 0.1) is 15.6 Å². The molecule has 5 nitrogen and oxygen atoms in total. The van der Waals surface area contributed by atoms with Crippen LogP contribution in [0.3, 0.4) is 0 Å². The number of hydrogen-bond donors (Lipinski definition) is 3. The average molecular weight is 335 g/mol. The monoisotopic (exact) mass is 334 g/mol. The van der Waals surface area contributed by atoms with Gasteiger partial charge in [-0.3, -0.25) is 0 Å². The first-order valence-electron chi connectivity index (χ1n) is 6.68. The highest BCUT2D eigenvalue weighted by molar-refractivity contribution is 7.89. The van der Waals surface area contributed by atoms with Crippen molar-refractivity contribution >= 4 is 27.3 Å². The van der Waals surface area contributed by atoms with Gasteiger partial charge in [-0.2, -0.15) is 0 Å². The lowest BCUT2D eigenvalue weighted by Gasteiger charge is -2.31. The van der Waals surface area contributed by atoms with E-state index >= 15 is 0 Å². The van der Waals surface area contributed by atoms with E-state index in [-0.39, 0.29) is 28.6 Å². The third-order valence-corrected chi connectivity index (χ3v) is 5.29. The standard InChI is InChI=1S/C14H23ClN2O3S/c1-9-7-10(15)11(16)8-12(9)21(19,20)17-13(5-6-18)14(2,3)4/h7-8,13,17-18H,5-6,16H2,1-4H3. The molecule has 0 bridgehead atoms. The molecule has 0 spiro atoms. The SMILES string of the molecule is Cc1cc(Cl)c(N)cc1S(=O)(=O)NC(CCO)C(C)(C)C. The largest absolute Gasteiger partial charge is 0.397 e. The van der Waals surface area contributed by atoms with Crippen molar-refractivity contribution in [1.82, 2.24) is 4.72 Å². The number of benzene rings is 1. The van der Waals surface area contributed by atoms with Gasteiger partial charge in [0.2, 0.25) is 10.0 Å². The molecule has 1 aromatic rings. The molecule has 0 radical (unpaired) electrons. The van der Waals surface area contributed by atoms with Crippen LogP contribution in [0.4, 0.5) is 5.69 Å². The van der Waals surface area contributed by atoms with E-state index in [1.54, 1.807) is 6.92 Å². The highest BCUT2D eigenvalue weighted by atomic mass is 35.5. The summed E-state index contributed by atoms with van der Waals surface area (Å²) in [5.74, 6) is 0. The first kappa shape index (κ1) is 18.2. The second kappa shape index (κ2) is 6.52. The number of halogens is 1. The minimum atomic E-state index is -3.73. The van der Waals surface area contributed by atoms with Crippen molar-refractivity contribution in [2.24, 2.45) is 5.41 Å². The van der Waals surface area contributed by atoms with Crippen molar-refractivity contribution in [1.29, 1.82) is 0 Å². The van der Waals surface area contributed by atoms with Crippen molar-refractivity contribution in [2.45, 2.75) is 45.1 Å². The Balaban J connectivity index is 3.20. The fraction of sp³-hybridized carbons (Fsp3) is 0.571. The Morgan fingerprint density at radius 1 is 1.38 bits per heavy atom. The van der Waals surface area contributed by atoms with Gasteiger partial charge in [-0.25, -0.2) is 13.1 Å². The van der Waals surface area contributed by atoms with E-state index < -0.39 is 10.0 Å². The fourth-order valence-electron chi connectivity index (χ4n) is 2.01. The van der Waals surface area contributed by atoms with Crippen molar-refractivity contribution in [3.8, 4) is 0 Å². The van der Waals surface area contributed by atoms with Crippen LogP contribution in [0.25, 0.3) is 0 Å². The van der Waals surface area contributed by atoms with Crippen LogP contribution in [-0.4, -0.2) is 26.2 Å². The maximum atomic E-state index is 12.6. The van der Waals surface area contributed by atoms with Gasteiger partial charge in [0.15, 0.2) is 0 Å². The molecule has 0 aliphatic heterocycles. The Morgan fingerprint density at radius 2 is 1.95 bits per heavy atom. The molecule has 21 heavy (non-hydrogen) atoms. The van der Waals surface area contributed by atoms with Gasteiger partial charge < -0.3 is 10.8 Å². The van der Waals surface area contributed by atoms with E-state index in [4.69, 9.17) is 22.4 Å². The summed E-state index contributed by atoms with van der Waals surface area (Å²) in [5.41, 5.74) is 6.13. The van der Waals surface area contributed by atoms with Gasteiger partial charge in [0.1, 0.15) is 0 Å². The maximum Gasteiger partial charge on any atom is 0.241 e. The maximum absolute atomic E-state index is 12.6. The number of aryl methyl sites for hydroxylation is 1. The molecule has 0 saturated carbocycles. The topological polar surface area (TPSA) is 92.4 Å². The number of aliphatic hydroxyl groups is 1. The summed E-state index contributed by atoms with van der Waals surface area (Å²) in [4.78, 5) is 0.108. The third kappa shape index (κ3) is 4.57. The lowest BCUT2D eigenvalue weighted by Crippen LogP contribution is -2.44. The Labute approximate surface area is 131 Å². The van der Waals surface area contributed by atoms with E-state index in [1.165, 1.54) is 12.1 Å². The van der Waals surface area contributed by atoms with Crippen molar-refractivity contribution < 1.29 is 13.5 Å². The van der Waals surface area contributed by atoms with Crippen LogP contribution < -0.4 is 10.5 Å². The van der Waals surface area contributed by atoms with E-state index in [2.05, 4.69) is 4.72 Å². The molecule has 0 heterocycles. The van der Waals surface area contributed by atoms with E-state index in [1.807, 2.05) is 20.8 Å². The molecule has 0 saturated heterocycles. The van der Waals surface area contributed by atoms with Crippen LogP contribution in [-0.2, 0) is 10.0 Å². The van der Waals surface area contributed by atoms with Crippen LogP contribution >= 0.6 is 11.6 Å². The van der Waals surface area contributed by atoms with Crippen LogP contribution in [0, 0.1) is 12.3 Å². The summed E-state index contributed by atoms with van der Waals surface area (Å²) < 4.78 is 27.8. The molecular weight excluding hydrogens is 312 g/mol. The molecule has 0 fully saturated rings. The molecular formula is C14H23ClN2O3S. The average Bonchev–Trinajstić information content (AvgIpc) is 2.31. The zero-order valence-corrected chi connectivity index (χ0v) is 14.3. The van der Waals surface area contributed by atoms with Gasteiger partial charge in [0, 0.05) is 12.6 Å². The lowest BCUT2D eigenvalue weighted by atomic mass is 9.86. The van der Waals surface area contributed by atoms with E-state index in [0.717, 1.165) is 0 Å². The number of nitrogens with one attached hydrogen (secondary N) is 1. The van der Waals surface area contributed by atoms with E-state index in [9.17, 15) is 8.42 Å². The molecule has 4 N–H and O–H groups in total. The van der Waals surface area contributed by atoms with Crippen LogP contribution in [0.1, 0.15) is 32.8 Å². The fourth-order valence-corrected chi connectivity index (χ4v) is 3.96. The second-order valence-corrected chi connectivity index (χ2v) is 8.28. The summed E-state index contributed by atoms with van der Waals surface area (Å²) in [5, 5.41) is 9.46. The van der Waals surface area contributed by atoms with Crippen molar-refractivity contribution in [3.63, 3.8) is 0 Å². The molecule has 0 aromatic heterocycles. The van der Waals surface area contributed by atoms with Crippen LogP contribution in [0.5, 0.6) is 0 Å². The van der Waals surface area contributed by atoms with Crippen molar-refractivity contribution in [3.05, 3.63) is 22.7 Å². The first-order chi connectivity index (χ1) is 9.49. The number of nitrogens with two attached hydrogens (primary N) is 1. The zero-order chi connectivity index (χ0) is 16.4.